The Balaban J connectivity index is 3.05. The fraction of sp³-hybridized carbons (Fsp3) is 0.273. The van der Waals surface area contributed by atoms with E-state index >= 15 is 0 Å². The molecule has 0 aliphatic heterocycles. The van der Waals surface area contributed by atoms with Crippen LogP contribution in [-0.2, 0) is 4.79 Å². The fourth-order valence-corrected chi connectivity index (χ4v) is 1.37. The highest BCUT2D eigenvalue weighted by atomic mass is 19.1. The third kappa shape index (κ3) is 3.17. The molecule has 1 rings (SSSR count). The number of halogens is 1. The predicted molar refractivity (Wildman–Crippen MR) is 60.3 cm³/mol. The van der Waals surface area contributed by atoms with Crippen molar-refractivity contribution in [2.75, 3.05) is 5.32 Å². The molecular weight excluding hydrogens is 227 g/mol. The van der Waals surface area contributed by atoms with Gasteiger partial charge in [0, 0.05) is 5.69 Å². The second kappa shape index (κ2) is 5.29. The van der Waals surface area contributed by atoms with Crippen molar-refractivity contribution in [3.05, 3.63) is 29.6 Å². The van der Waals surface area contributed by atoms with E-state index in [-0.39, 0.29) is 11.3 Å². The van der Waals surface area contributed by atoms with Gasteiger partial charge in [0.2, 0.25) is 0 Å². The molecule has 0 heterocycles. The van der Waals surface area contributed by atoms with E-state index in [0.717, 1.165) is 12.1 Å². The number of primary amides is 1. The Morgan fingerprint density at radius 3 is 2.65 bits per heavy atom. The summed E-state index contributed by atoms with van der Waals surface area (Å²) in [6, 6.07) is 2.54. The molecule has 0 bridgehead atoms. The van der Waals surface area contributed by atoms with Gasteiger partial charge >= 0.3 is 5.97 Å². The SMILES string of the molecule is CCC(Nc1ccc(F)cc1C(N)=O)C(=O)O. The van der Waals surface area contributed by atoms with Gasteiger partial charge in [-0.05, 0) is 24.6 Å². The third-order valence-electron chi connectivity index (χ3n) is 2.28. The zero-order chi connectivity index (χ0) is 13.0. The van der Waals surface area contributed by atoms with Crippen LogP contribution in [0.15, 0.2) is 18.2 Å². The van der Waals surface area contributed by atoms with Crippen molar-refractivity contribution in [3.63, 3.8) is 0 Å². The van der Waals surface area contributed by atoms with E-state index in [1.807, 2.05) is 0 Å². The average Bonchev–Trinajstić information content (AvgIpc) is 2.26. The van der Waals surface area contributed by atoms with Crippen LogP contribution in [0.25, 0.3) is 0 Å². The molecule has 1 aromatic rings. The highest BCUT2D eigenvalue weighted by molar-refractivity contribution is 5.99. The van der Waals surface area contributed by atoms with E-state index < -0.39 is 23.7 Å². The molecule has 0 aliphatic carbocycles. The topological polar surface area (TPSA) is 92.4 Å². The van der Waals surface area contributed by atoms with Gasteiger partial charge in [-0.3, -0.25) is 4.79 Å². The molecule has 0 spiro atoms. The van der Waals surface area contributed by atoms with Crippen molar-refractivity contribution >= 4 is 17.6 Å². The van der Waals surface area contributed by atoms with E-state index in [1.54, 1.807) is 6.92 Å². The van der Waals surface area contributed by atoms with Crippen molar-refractivity contribution in [1.29, 1.82) is 0 Å². The summed E-state index contributed by atoms with van der Waals surface area (Å²) in [5, 5.41) is 11.5. The molecule has 1 aromatic carbocycles. The number of amides is 1. The van der Waals surface area contributed by atoms with E-state index in [1.165, 1.54) is 6.07 Å². The second-order valence-electron chi connectivity index (χ2n) is 3.50. The monoisotopic (exact) mass is 240 g/mol. The molecule has 0 fully saturated rings. The molecule has 0 saturated heterocycles. The summed E-state index contributed by atoms with van der Waals surface area (Å²) in [4.78, 5) is 21.9. The molecule has 0 aromatic heterocycles. The predicted octanol–water partition coefficient (Wildman–Crippen LogP) is 1.20. The Kier molecular flexibility index (Phi) is 4.03. The zero-order valence-corrected chi connectivity index (χ0v) is 9.24. The average molecular weight is 240 g/mol. The van der Waals surface area contributed by atoms with Crippen LogP contribution < -0.4 is 11.1 Å². The summed E-state index contributed by atoms with van der Waals surface area (Å²) in [6.45, 7) is 1.68. The van der Waals surface area contributed by atoms with E-state index in [2.05, 4.69) is 5.32 Å². The molecule has 1 amide bonds. The summed E-state index contributed by atoms with van der Waals surface area (Å²) < 4.78 is 12.9. The van der Waals surface area contributed by atoms with Crippen LogP contribution in [0.3, 0.4) is 0 Å². The van der Waals surface area contributed by atoms with Gasteiger partial charge in [-0.25, -0.2) is 9.18 Å². The molecule has 5 nitrogen and oxygen atoms in total. The number of rotatable bonds is 5. The minimum absolute atomic E-state index is 0.0651. The smallest absolute Gasteiger partial charge is 0.326 e. The fourth-order valence-electron chi connectivity index (χ4n) is 1.37. The van der Waals surface area contributed by atoms with Crippen LogP contribution in [0.5, 0.6) is 0 Å². The minimum atomic E-state index is -1.05. The lowest BCUT2D eigenvalue weighted by atomic mass is 10.1. The highest BCUT2D eigenvalue weighted by Gasteiger charge is 2.17. The van der Waals surface area contributed by atoms with Gasteiger partial charge in [-0.1, -0.05) is 6.92 Å². The lowest BCUT2D eigenvalue weighted by Crippen LogP contribution is -2.29. The molecule has 1 atom stereocenters. The Labute approximate surface area is 97.4 Å². The highest BCUT2D eigenvalue weighted by Crippen LogP contribution is 2.18. The molecule has 6 heteroatoms. The number of carboxylic acids is 1. The van der Waals surface area contributed by atoms with Gasteiger partial charge in [0.15, 0.2) is 0 Å². The van der Waals surface area contributed by atoms with Crippen LogP contribution in [0, 0.1) is 5.82 Å². The van der Waals surface area contributed by atoms with Gasteiger partial charge in [0.05, 0.1) is 5.56 Å². The number of carboxylic acid groups (broad SMARTS) is 1. The van der Waals surface area contributed by atoms with Crippen LogP contribution in [0.2, 0.25) is 0 Å². The van der Waals surface area contributed by atoms with Crippen molar-refractivity contribution in [2.24, 2.45) is 5.73 Å². The molecule has 17 heavy (non-hydrogen) atoms. The Morgan fingerprint density at radius 2 is 2.18 bits per heavy atom. The van der Waals surface area contributed by atoms with Crippen molar-refractivity contribution in [2.45, 2.75) is 19.4 Å². The van der Waals surface area contributed by atoms with Crippen LogP contribution >= 0.6 is 0 Å². The van der Waals surface area contributed by atoms with Gasteiger partial charge in [0.25, 0.3) is 5.91 Å². The first-order chi connectivity index (χ1) is 7.95. The number of carbonyl (C=O) groups is 2. The lowest BCUT2D eigenvalue weighted by Gasteiger charge is -2.15. The minimum Gasteiger partial charge on any atom is -0.480 e. The normalized spacial score (nSPS) is 11.9. The number of nitrogens with one attached hydrogen (secondary N) is 1. The quantitative estimate of drug-likeness (QED) is 0.721. The molecule has 0 aliphatic rings. The summed E-state index contributed by atoms with van der Waals surface area (Å²) in [7, 11) is 0. The summed E-state index contributed by atoms with van der Waals surface area (Å²) in [5.74, 6) is -2.47. The van der Waals surface area contributed by atoms with Crippen molar-refractivity contribution in [3.8, 4) is 0 Å². The number of aliphatic carboxylic acids is 1. The van der Waals surface area contributed by atoms with Gasteiger partial charge in [-0.2, -0.15) is 0 Å². The van der Waals surface area contributed by atoms with Crippen LogP contribution in [0.1, 0.15) is 23.7 Å². The van der Waals surface area contributed by atoms with Crippen molar-refractivity contribution in [1.82, 2.24) is 0 Å². The molecule has 0 radical (unpaired) electrons. The molecule has 4 N–H and O–H groups in total. The molecule has 92 valence electrons. The summed E-state index contributed by atoms with van der Waals surface area (Å²) >= 11 is 0. The first-order valence-electron chi connectivity index (χ1n) is 5.04. The second-order valence-corrected chi connectivity index (χ2v) is 3.50. The standard InChI is InChI=1S/C11H13FN2O3/c1-2-8(11(16)17)14-9-4-3-6(12)5-7(9)10(13)15/h3-5,8,14H,2H2,1H3,(H2,13,15)(H,16,17). The van der Waals surface area contributed by atoms with Crippen molar-refractivity contribution < 1.29 is 19.1 Å². The van der Waals surface area contributed by atoms with E-state index in [0.29, 0.717) is 6.42 Å². The Hall–Kier alpha value is -2.11. The summed E-state index contributed by atoms with van der Waals surface area (Å²) in [5.41, 5.74) is 5.23. The maximum absolute atomic E-state index is 12.9. The largest absolute Gasteiger partial charge is 0.480 e. The van der Waals surface area contributed by atoms with Gasteiger partial charge in [-0.15, -0.1) is 0 Å². The number of hydrogen-bond acceptors (Lipinski definition) is 3. The Bertz CT molecular complexity index is 448. The van der Waals surface area contributed by atoms with Crippen LogP contribution in [-0.4, -0.2) is 23.0 Å². The maximum Gasteiger partial charge on any atom is 0.326 e. The number of hydrogen-bond donors (Lipinski definition) is 3. The third-order valence-corrected chi connectivity index (χ3v) is 2.28. The molecular formula is C11H13FN2O3. The van der Waals surface area contributed by atoms with Gasteiger partial charge < -0.3 is 16.2 Å². The van der Waals surface area contributed by atoms with E-state index in [9.17, 15) is 14.0 Å². The molecule has 0 saturated carbocycles. The first kappa shape index (κ1) is 13.0. The molecule has 1 unspecified atom stereocenters. The maximum atomic E-state index is 12.9. The lowest BCUT2D eigenvalue weighted by molar-refractivity contribution is -0.137. The van der Waals surface area contributed by atoms with E-state index in [4.69, 9.17) is 10.8 Å². The van der Waals surface area contributed by atoms with Gasteiger partial charge in [0.1, 0.15) is 11.9 Å². The number of anilines is 1. The Morgan fingerprint density at radius 1 is 1.53 bits per heavy atom. The zero-order valence-electron chi connectivity index (χ0n) is 9.24. The first-order valence-corrected chi connectivity index (χ1v) is 5.04. The number of nitrogens with two attached hydrogens (primary N) is 1. The van der Waals surface area contributed by atoms with Crippen LogP contribution in [0.4, 0.5) is 10.1 Å². The number of benzene rings is 1. The summed E-state index contributed by atoms with van der Waals surface area (Å²) in [6.07, 6.45) is 0.324. The number of carbonyl (C=O) groups excluding carboxylic acids is 1.